The van der Waals surface area contributed by atoms with Crippen molar-refractivity contribution in [3.05, 3.63) is 23.8 Å². The molecule has 0 saturated carbocycles. The maximum atomic E-state index is 11.4. The van der Waals surface area contributed by atoms with Crippen molar-refractivity contribution in [1.29, 1.82) is 0 Å². The number of hydrogen-bond acceptors (Lipinski definition) is 4. The summed E-state index contributed by atoms with van der Waals surface area (Å²) in [5.41, 5.74) is 7.75. The molecule has 0 radical (unpaired) electrons. The van der Waals surface area contributed by atoms with Crippen LogP contribution in [0.1, 0.15) is 18.4 Å². The lowest BCUT2D eigenvalue weighted by Gasteiger charge is -2.22. The third kappa shape index (κ3) is 3.16. The van der Waals surface area contributed by atoms with Crippen LogP contribution in [0.25, 0.3) is 0 Å². The van der Waals surface area contributed by atoms with Crippen molar-refractivity contribution in [2.24, 2.45) is 5.92 Å². The number of anilines is 1. The van der Waals surface area contributed by atoms with E-state index < -0.39 is 9.84 Å². The minimum absolute atomic E-state index is 0.307. The van der Waals surface area contributed by atoms with Gasteiger partial charge in [-0.1, -0.05) is 0 Å². The Kier molecular flexibility index (Phi) is 3.80. The number of ether oxygens (including phenoxy) is 1. The van der Waals surface area contributed by atoms with Crippen molar-refractivity contribution in [1.82, 2.24) is 0 Å². The molecule has 0 amide bonds. The van der Waals surface area contributed by atoms with E-state index >= 15 is 0 Å². The second-order valence-corrected chi connectivity index (χ2v) is 7.17. The first kappa shape index (κ1) is 13.2. The molecule has 0 spiro atoms. The first-order chi connectivity index (χ1) is 8.50. The maximum absolute atomic E-state index is 11.4. The molecule has 1 aliphatic heterocycles. The molecule has 0 unspecified atom stereocenters. The van der Waals surface area contributed by atoms with Crippen molar-refractivity contribution in [3.8, 4) is 5.75 Å². The van der Waals surface area contributed by atoms with Crippen LogP contribution in [-0.2, 0) is 16.3 Å². The van der Waals surface area contributed by atoms with Crippen LogP contribution in [0, 0.1) is 5.92 Å². The van der Waals surface area contributed by atoms with Crippen LogP contribution in [0.3, 0.4) is 0 Å². The minimum atomic E-state index is -2.79. The summed E-state index contributed by atoms with van der Waals surface area (Å²) in [4.78, 5) is 0. The van der Waals surface area contributed by atoms with Gasteiger partial charge in [-0.2, -0.15) is 0 Å². The van der Waals surface area contributed by atoms with Crippen LogP contribution >= 0.6 is 0 Å². The molecule has 1 aromatic rings. The highest BCUT2D eigenvalue weighted by molar-refractivity contribution is 7.91. The van der Waals surface area contributed by atoms with Gasteiger partial charge in [0.2, 0.25) is 0 Å². The topological polar surface area (TPSA) is 69.4 Å². The second-order valence-electron chi connectivity index (χ2n) is 4.86. The van der Waals surface area contributed by atoms with E-state index in [-0.39, 0.29) is 0 Å². The molecular formula is C13H19NO3S. The van der Waals surface area contributed by atoms with Gasteiger partial charge in [-0.05, 0) is 48.9 Å². The largest absolute Gasteiger partial charge is 0.497 e. The van der Waals surface area contributed by atoms with Gasteiger partial charge in [0.05, 0.1) is 18.6 Å². The normalized spacial score (nSPS) is 19.6. The lowest BCUT2D eigenvalue weighted by atomic mass is 9.93. The molecule has 100 valence electrons. The van der Waals surface area contributed by atoms with Gasteiger partial charge in [0.25, 0.3) is 0 Å². The standard InChI is InChI=1S/C13H19NO3S/c1-17-12-2-3-13(14)11(9-12)8-10-4-6-18(15,16)7-5-10/h2-3,9-10H,4-8,14H2,1H3. The Bertz CT molecular complexity index is 511. The van der Waals surface area contributed by atoms with Gasteiger partial charge >= 0.3 is 0 Å². The summed E-state index contributed by atoms with van der Waals surface area (Å²) in [6.07, 6.45) is 2.30. The van der Waals surface area contributed by atoms with Crippen molar-refractivity contribution < 1.29 is 13.2 Å². The van der Waals surface area contributed by atoms with Crippen LogP contribution in [0.2, 0.25) is 0 Å². The van der Waals surface area contributed by atoms with Crippen LogP contribution in [0.5, 0.6) is 5.75 Å². The summed E-state index contributed by atoms with van der Waals surface area (Å²) in [7, 11) is -1.16. The summed E-state index contributed by atoms with van der Waals surface area (Å²) < 4.78 is 27.9. The zero-order chi connectivity index (χ0) is 13.2. The highest BCUT2D eigenvalue weighted by Crippen LogP contribution is 2.27. The van der Waals surface area contributed by atoms with Gasteiger partial charge in [0, 0.05) is 5.69 Å². The van der Waals surface area contributed by atoms with E-state index in [4.69, 9.17) is 10.5 Å². The number of sulfone groups is 1. The van der Waals surface area contributed by atoms with Gasteiger partial charge in [-0.15, -0.1) is 0 Å². The van der Waals surface area contributed by atoms with Crippen LogP contribution in [0.4, 0.5) is 5.69 Å². The van der Waals surface area contributed by atoms with Gasteiger partial charge in [-0.3, -0.25) is 0 Å². The maximum Gasteiger partial charge on any atom is 0.150 e. The summed E-state index contributed by atoms with van der Waals surface area (Å²) in [5.74, 6) is 1.81. The smallest absolute Gasteiger partial charge is 0.150 e. The van der Waals surface area contributed by atoms with Crippen molar-refractivity contribution in [3.63, 3.8) is 0 Å². The zero-order valence-electron chi connectivity index (χ0n) is 10.6. The van der Waals surface area contributed by atoms with Gasteiger partial charge < -0.3 is 10.5 Å². The second kappa shape index (κ2) is 5.18. The molecule has 0 bridgehead atoms. The van der Waals surface area contributed by atoms with Crippen LogP contribution < -0.4 is 10.5 Å². The van der Waals surface area contributed by atoms with Crippen molar-refractivity contribution in [2.75, 3.05) is 24.3 Å². The molecule has 18 heavy (non-hydrogen) atoms. The number of nitrogen functional groups attached to an aromatic ring is 1. The van der Waals surface area contributed by atoms with E-state index in [0.717, 1.165) is 36.3 Å². The lowest BCUT2D eigenvalue weighted by Crippen LogP contribution is -2.24. The summed E-state index contributed by atoms with van der Waals surface area (Å²) in [5, 5.41) is 0. The number of benzene rings is 1. The first-order valence-corrected chi connectivity index (χ1v) is 7.95. The average molecular weight is 269 g/mol. The zero-order valence-corrected chi connectivity index (χ0v) is 11.4. The fourth-order valence-corrected chi connectivity index (χ4v) is 3.93. The number of hydrogen-bond donors (Lipinski definition) is 1. The molecule has 0 aromatic heterocycles. The number of methoxy groups -OCH3 is 1. The predicted octanol–water partition coefficient (Wildman–Crippen LogP) is 1.64. The molecular weight excluding hydrogens is 250 g/mol. The van der Waals surface area contributed by atoms with Gasteiger partial charge in [0.1, 0.15) is 15.6 Å². The highest BCUT2D eigenvalue weighted by atomic mass is 32.2. The predicted molar refractivity (Wildman–Crippen MR) is 72.5 cm³/mol. The molecule has 1 heterocycles. The minimum Gasteiger partial charge on any atom is -0.497 e. The molecule has 1 saturated heterocycles. The van der Waals surface area contributed by atoms with E-state index in [1.807, 2.05) is 18.2 Å². The molecule has 1 aromatic carbocycles. The molecule has 5 heteroatoms. The average Bonchev–Trinajstić information content (AvgIpc) is 2.34. The third-order valence-corrected chi connectivity index (χ3v) is 5.25. The molecule has 2 N–H and O–H groups in total. The quantitative estimate of drug-likeness (QED) is 0.847. The molecule has 1 fully saturated rings. The fraction of sp³-hybridized carbons (Fsp3) is 0.538. The molecule has 0 atom stereocenters. The Balaban J connectivity index is 2.06. The van der Waals surface area contributed by atoms with E-state index in [2.05, 4.69) is 0 Å². The van der Waals surface area contributed by atoms with E-state index in [9.17, 15) is 8.42 Å². The lowest BCUT2D eigenvalue weighted by molar-refractivity contribution is 0.413. The highest BCUT2D eigenvalue weighted by Gasteiger charge is 2.24. The van der Waals surface area contributed by atoms with Crippen LogP contribution in [0.15, 0.2) is 18.2 Å². The number of rotatable bonds is 3. The summed E-state index contributed by atoms with van der Waals surface area (Å²) >= 11 is 0. The SMILES string of the molecule is COc1ccc(N)c(CC2CCS(=O)(=O)CC2)c1. The Morgan fingerprint density at radius 3 is 2.61 bits per heavy atom. The Morgan fingerprint density at radius 1 is 1.33 bits per heavy atom. The van der Waals surface area contributed by atoms with Crippen molar-refractivity contribution >= 4 is 15.5 Å². The van der Waals surface area contributed by atoms with Crippen molar-refractivity contribution in [2.45, 2.75) is 19.3 Å². The van der Waals surface area contributed by atoms with E-state index in [1.54, 1.807) is 7.11 Å². The Labute approximate surface area is 108 Å². The fourth-order valence-electron chi connectivity index (χ4n) is 2.34. The first-order valence-electron chi connectivity index (χ1n) is 6.13. The molecule has 1 aliphatic rings. The number of nitrogens with two attached hydrogens (primary N) is 1. The van der Waals surface area contributed by atoms with E-state index in [0.29, 0.717) is 17.4 Å². The molecule has 2 rings (SSSR count). The summed E-state index contributed by atoms with van der Waals surface area (Å²) in [6, 6.07) is 5.62. The monoisotopic (exact) mass is 269 g/mol. The summed E-state index contributed by atoms with van der Waals surface area (Å²) in [6.45, 7) is 0. The molecule has 0 aliphatic carbocycles. The van der Waals surface area contributed by atoms with Gasteiger partial charge in [0.15, 0.2) is 0 Å². The van der Waals surface area contributed by atoms with Crippen LogP contribution in [-0.4, -0.2) is 27.0 Å². The van der Waals surface area contributed by atoms with Gasteiger partial charge in [-0.25, -0.2) is 8.42 Å². The third-order valence-electron chi connectivity index (χ3n) is 3.53. The molecule has 4 nitrogen and oxygen atoms in total. The Morgan fingerprint density at radius 2 is 2.00 bits per heavy atom. The van der Waals surface area contributed by atoms with E-state index in [1.165, 1.54) is 0 Å². The Hall–Kier alpha value is -1.23.